The lowest BCUT2D eigenvalue weighted by atomic mass is 9.93. The number of benzene rings is 1. The van der Waals surface area contributed by atoms with Gasteiger partial charge in [0.25, 0.3) is 0 Å². The van der Waals surface area contributed by atoms with Crippen LogP contribution in [0, 0.1) is 0 Å². The van der Waals surface area contributed by atoms with E-state index in [0.29, 0.717) is 0 Å². The summed E-state index contributed by atoms with van der Waals surface area (Å²) in [6, 6.07) is 5.50. The SMILES string of the molecule is c1c2c(cc3c1CN(C1CCCCC1)CO3)CCC2. The summed E-state index contributed by atoms with van der Waals surface area (Å²) >= 11 is 0. The van der Waals surface area contributed by atoms with Crippen LogP contribution in [0.5, 0.6) is 5.75 Å². The molecule has 0 radical (unpaired) electrons. The monoisotopic (exact) mass is 257 g/mol. The van der Waals surface area contributed by atoms with Crippen LogP contribution in [0.4, 0.5) is 0 Å². The minimum Gasteiger partial charge on any atom is -0.478 e. The van der Waals surface area contributed by atoms with Crippen LogP contribution in [0.3, 0.4) is 0 Å². The number of rotatable bonds is 1. The fraction of sp³-hybridized carbons (Fsp3) is 0.647. The van der Waals surface area contributed by atoms with E-state index in [-0.39, 0.29) is 0 Å². The van der Waals surface area contributed by atoms with Crippen molar-refractivity contribution in [1.29, 1.82) is 0 Å². The van der Waals surface area contributed by atoms with Gasteiger partial charge in [0.2, 0.25) is 0 Å². The topological polar surface area (TPSA) is 12.5 Å². The zero-order chi connectivity index (χ0) is 12.7. The van der Waals surface area contributed by atoms with Crippen LogP contribution < -0.4 is 4.74 Å². The molecular formula is C17H23NO. The second-order valence-electron chi connectivity index (χ2n) is 6.39. The van der Waals surface area contributed by atoms with Gasteiger partial charge in [0.15, 0.2) is 0 Å². The molecule has 0 unspecified atom stereocenters. The lowest BCUT2D eigenvalue weighted by molar-refractivity contribution is 0.0402. The lowest BCUT2D eigenvalue weighted by Crippen LogP contribution is -2.41. The van der Waals surface area contributed by atoms with Crippen LogP contribution in [0.25, 0.3) is 0 Å². The first-order valence-corrected chi connectivity index (χ1v) is 7.92. The molecule has 1 aromatic carbocycles. The summed E-state index contributed by atoms with van der Waals surface area (Å²) in [6.45, 7) is 1.91. The number of hydrogen-bond donors (Lipinski definition) is 0. The minimum absolute atomic E-state index is 0.759. The zero-order valence-electron chi connectivity index (χ0n) is 11.7. The molecule has 3 aliphatic rings. The van der Waals surface area contributed by atoms with Gasteiger partial charge in [0.1, 0.15) is 12.5 Å². The molecule has 4 rings (SSSR count). The predicted octanol–water partition coefficient (Wildman–Crippen LogP) is 3.66. The van der Waals surface area contributed by atoms with Crippen molar-refractivity contribution in [3.63, 3.8) is 0 Å². The van der Waals surface area contributed by atoms with E-state index in [1.165, 1.54) is 62.5 Å². The zero-order valence-corrected chi connectivity index (χ0v) is 11.7. The number of hydrogen-bond acceptors (Lipinski definition) is 2. The highest BCUT2D eigenvalue weighted by Gasteiger charge is 2.27. The van der Waals surface area contributed by atoms with Crippen LogP contribution in [0.1, 0.15) is 55.2 Å². The molecule has 2 nitrogen and oxygen atoms in total. The van der Waals surface area contributed by atoms with E-state index in [4.69, 9.17) is 4.74 Å². The van der Waals surface area contributed by atoms with Gasteiger partial charge in [-0.05, 0) is 49.3 Å². The second-order valence-corrected chi connectivity index (χ2v) is 6.39. The third-order valence-corrected chi connectivity index (χ3v) is 5.13. The van der Waals surface area contributed by atoms with Gasteiger partial charge < -0.3 is 4.74 Å². The summed E-state index contributed by atoms with van der Waals surface area (Å²) in [6.07, 6.45) is 10.8. The Morgan fingerprint density at radius 2 is 1.68 bits per heavy atom. The Labute approximate surface area is 115 Å². The fourth-order valence-electron chi connectivity index (χ4n) is 4.01. The van der Waals surface area contributed by atoms with Gasteiger partial charge in [-0.15, -0.1) is 0 Å². The smallest absolute Gasteiger partial charge is 0.142 e. The van der Waals surface area contributed by atoms with E-state index in [2.05, 4.69) is 17.0 Å². The van der Waals surface area contributed by atoms with E-state index in [1.807, 2.05) is 0 Å². The number of ether oxygens (including phenoxy) is 1. The first-order chi connectivity index (χ1) is 9.40. The van der Waals surface area contributed by atoms with E-state index >= 15 is 0 Å². The van der Waals surface area contributed by atoms with E-state index in [1.54, 1.807) is 5.56 Å². The highest BCUT2D eigenvalue weighted by Crippen LogP contribution is 2.35. The second kappa shape index (κ2) is 4.82. The molecule has 0 aromatic heterocycles. The van der Waals surface area contributed by atoms with Crippen LogP contribution >= 0.6 is 0 Å². The van der Waals surface area contributed by atoms with Gasteiger partial charge in [-0.25, -0.2) is 0 Å². The number of nitrogens with zero attached hydrogens (tertiary/aromatic N) is 1. The van der Waals surface area contributed by atoms with E-state index in [9.17, 15) is 0 Å². The van der Waals surface area contributed by atoms with Crippen molar-refractivity contribution in [2.45, 2.75) is 64.0 Å². The van der Waals surface area contributed by atoms with Gasteiger partial charge >= 0.3 is 0 Å². The highest BCUT2D eigenvalue weighted by atomic mass is 16.5. The Morgan fingerprint density at radius 1 is 0.895 bits per heavy atom. The summed E-state index contributed by atoms with van der Waals surface area (Å²) < 4.78 is 6.04. The largest absolute Gasteiger partial charge is 0.478 e. The van der Waals surface area contributed by atoms with Crippen molar-refractivity contribution in [2.75, 3.05) is 6.73 Å². The summed E-state index contributed by atoms with van der Waals surface area (Å²) in [5.41, 5.74) is 4.54. The van der Waals surface area contributed by atoms with Crippen molar-refractivity contribution in [3.05, 3.63) is 28.8 Å². The molecule has 1 heterocycles. The molecule has 2 heteroatoms. The lowest BCUT2D eigenvalue weighted by Gasteiger charge is -2.37. The Morgan fingerprint density at radius 3 is 2.53 bits per heavy atom. The van der Waals surface area contributed by atoms with Crippen molar-refractivity contribution in [1.82, 2.24) is 4.90 Å². The summed E-state index contributed by atoms with van der Waals surface area (Å²) in [5, 5.41) is 0. The van der Waals surface area contributed by atoms with Crippen molar-refractivity contribution in [3.8, 4) is 5.75 Å². The average molecular weight is 257 g/mol. The molecule has 2 aliphatic carbocycles. The van der Waals surface area contributed by atoms with E-state index < -0.39 is 0 Å². The average Bonchev–Trinajstić information content (AvgIpc) is 2.92. The van der Waals surface area contributed by atoms with Crippen molar-refractivity contribution in [2.24, 2.45) is 0 Å². The molecule has 1 aliphatic heterocycles. The molecule has 0 amide bonds. The number of fused-ring (bicyclic) bond motifs is 2. The van der Waals surface area contributed by atoms with Gasteiger partial charge in [-0.3, -0.25) is 4.90 Å². The molecule has 0 atom stereocenters. The molecule has 1 aromatic rings. The standard InChI is InChI=1S/C17H23NO/c1-2-7-16(8-3-1)18-11-15-9-13-5-4-6-14(13)10-17(15)19-12-18/h9-10,16H,1-8,11-12H2. The quantitative estimate of drug-likeness (QED) is 0.761. The first-order valence-electron chi connectivity index (χ1n) is 7.92. The van der Waals surface area contributed by atoms with Gasteiger partial charge in [0.05, 0.1) is 0 Å². The maximum atomic E-state index is 6.04. The Bertz CT molecular complexity index is 476. The molecule has 1 fully saturated rings. The van der Waals surface area contributed by atoms with Gasteiger partial charge in [-0.2, -0.15) is 0 Å². The molecule has 1 saturated carbocycles. The third-order valence-electron chi connectivity index (χ3n) is 5.13. The molecule has 19 heavy (non-hydrogen) atoms. The summed E-state index contributed by atoms with van der Waals surface area (Å²) in [5.74, 6) is 1.16. The van der Waals surface area contributed by atoms with Crippen molar-refractivity contribution >= 4 is 0 Å². The summed E-state index contributed by atoms with van der Waals surface area (Å²) in [4.78, 5) is 2.56. The molecule has 102 valence electrons. The van der Waals surface area contributed by atoms with E-state index in [0.717, 1.165) is 25.1 Å². The summed E-state index contributed by atoms with van der Waals surface area (Å²) in [7, 11) is 0. The van der Waals surface area contributed by atoms with Gasteiger partial charge in [-0.1, -0.05) is 25.3 Å². The Balaban J connectivity index is 1.56. The van der Waals surface area contributed by atoms with Crippen LogP contribution in [-0.2, 0) is 19.4 Å². The van der Waals surface area contributed by atoms with Gasteiger partial charge in [0, 0.05) is 18.2 Å². The maximum absolute atomic E-state index is 6.04. The normalized spacial score (nSPS) is 23.8. The molecule has 0 N–H and O–H groups in total. The third kappa shape index (κ3) is 2.16. The Hall–Kier alpha value is -1.02. The maximum Gasteiger partial charge on any atom is 0.142 e. The van der Waals surface area contributed by atoms with Crippen LogP contribution in [0.2, 0.25) is 0 Å². The first kappa shape index (κ1) is 11.8. The minimum atomic E-state index is 0.759. The van der Waals surface area contributed by atoms with Crippen LogP contribution in [0.15, 0.2) is 12.1 Å². The molecule has 0 spiro atoms. The van der Waals surface area contributed by atoms with Crippen molar-refractivity contribution < 1.29 is 4.74 Å². The molecular weight excluding hydrogens is 234 g/mol. The molecule has 0 saturated heterocycles. The molecule has 0 bridgehead atoms. The van der Waals surface area contributed by atoms with Crippen LogP contribution in [-0.4, -0.2) is 17.7 Å². The fourth-order valence-corrected chi connectivity index (χ4v) is 4.01. The highest BCUT2D eigenvalue weighted by molar-refractivity contribution is 5.45. The predicted molar refractivity (Wildman–Crippen MR) is 76.4 cm³/mol. The Kier molecular flexibility index (Phi) is 2.99. The number of aryl methyl sites for hydroxylation is 2.